The van der Waals surface area contributed by atoms with E-state index in [0.717, 1.165) is 18.2 Å². The van der Waals surface area contributed by atoms with E-state index in [1.165, 1.54) is 24.5 Å². The molecule has 0 radical (unpaired) electrons. The minimum absolute atomic E-state index is 0.150. The van der Waals surface area contributed by atoms with Crippen LogP contribution in [0.4, 0.5) is 11.4 Å². The number of nitro benzene ring substituents is 2. The number of non-ortho nitro benzene ring substituents is 1. The van der Waals surface area contributed by atoms with Gasteiger partial charge in [-0.3, -0.25) is 30.0 Å². The summed E-state index contributed by atoms with van der Waals surface area (Å²) in [6.45, 7) is 0. The second-order valence-corrected chi connectivity index (χ2v) is 5.75. The first-order chi connectivity index (χ1) is 14.4. The Hall–Kier alpha value is -4.67. The lowest BCUT2D eigenvalue weighted by molar-refractivity contribution is -0.394. The molecule has 0 bridgehead atoms. The first-order valence-electron chi connectivity index (χ1n) is 8.39. The van der Waals surface area contributed by atoms with Crippen LogP contribution in [-0.2, 0) is 0 Å². The smallest absolute Gasteiger partial charge is 0.318 e. The van der Waals surface area contributed by atoms with Crippen LogP contribution in [0.3, 0.4) is 0 Å². The first-order valence-corrected chi connectivity index (χ1v) is 8.39. The second kappa shape index (κ2) is 9.01. The van der Waals surface area contributed by atoms with Crippen LogP contribution in [0, 0.1) is 20.2 Å². The molecule has 0 aliphatic carbocycles. The van der Waals surface area contributed by atoms with Gasteiger partial charge < -0.3 is 4.74 Å². The van der Waals surface area contributed by atoms with Gasteiger partial charge in [0.05, 0.1) is 22.1 Å². The van der Waals surface area contributed by atoms with Crippen molar-refractivity contribution in [2.75, 3.05) is 0 Å². The average molecular weight is 407 g/mol. The number of ether oxygens (including phenoxy) is 1. The van der Waals surface area contributed by atoms with Gasteiger partial charge in [-0.05, 0) is 35.9 Å². The lowest BCUT2D eigenvalue weighted by Gasteiger charge is -2.07. The summed E-state index contributed by atoms with van der Waals surface area (Å²) in [7, 11) is 0. The molecule has 0 aliphatic heterocycles. The quantitative estimate of drug-likeness (QED) is 0.358. The van der Waals surface area contributed by atoms with E-state index in [2.05, 4.69) is 15.5 Å². The molecule has 0 fully saturated rings. The van der Waals surface area contributed by atoms with E-state index in [-0.39, 0.29) is 17.2 Å². The summed E-state index contributed by atoms with van der Waals surface area (Å²) >= 11 is 0. The number of hydrazone groups is 1. The maximum atomic E-state index is 11.9. The number of hydrogen-bond donors (Lipinski definition) is 1. The molecule has 0 atom stereocenters. The van der Waals surface area contributed by atoms with Crippen LogP contribution in [0.5, 0.6) is 11.5 Å². The van der Waals surface area contributed by atoms with Crippen LogP contribution >= 0.6 is 0 Å². The number of pyridine rings is 1. The Bertz CT molecular complexity index is 1130. The minimum Gasteiger partial charge on any atom is -0.450 e. The molecule has 11 nitrogen and oxygen atoms in total. The summed E-state index contributed by atoms with van der Waals surface area (Å²) in [6, 6.07) is 14.4. The van der Waals surface area contributed by atoms with Crippen molar-refractivity contribution < 1.29 is 19.4 Å². The Balaban J connectivity index is 1.74. The molecular formula is C19H13N5O6. The molecule has 3 aromatic rings. The Morgan fingerprint density at radius 1 is 1.03 bits per heavy atom. The molecule has 3 rings (SSSR count). The predicted octanol–water partition coefficient (Wildman–Crippen LogP) is 3.45. The number of carbonyl (C=O) groups excluding carboxylic acids is 1. The first kappa shape index (κ1) is 20.1. The van der Waals surface area contributed by atoms with Crippen molar-refractivity contribution in [3.63, 3.8) is 0 Å². The number of amides is 1. The molecular weight excluding hydrogens is 394 g/mol. The summed E-state index contributed by atoms with van der Waals surface area (Å²) in [4.78, 5) is 36.3. The summed E-state index contributed by atoms with van der Waals surface area (Å²) in [5.41, 5.74) is 2.12. The second-order valence-electron chi connectivity index (χ2n) is 5.75. The Kier molecular flexibility index (Phi) is 6.03. The van der Waals surface area contributed by atoms with Gasteiger partial charge in [-0.2, -0.15) is 5.10 Å². The van der Waals surface area contributed by atoms with Gasteiger partial charge >= 0.3 is 5.69 Å². The van der Waals surface area contributed by atoms with Crippen molar-refractivity contribution in [2.45, 2.75) is 0 Å². The fourth-order valence-electron chi connectivity index (χ4n) is 2.35. The molecule has 2 aromatic carbocycles. The summed E-state index contributed by atoms with van der Waals surface area (Å²) in [5, 5.41) is 25.9. The average Bonchev–Trinajstić information content (AvgIpc) is 2.74. The van der Waals surface area contributed by atoms with Gasteiger partial charge in [0.15, 0.2) is 0 Å². The van der Waals surface area contributed by atoms with E-state index in [4.69, 9.17) is 4.74 Å². The summed E-state index contributed by atoms with van der Waals surface area (Å²) in [5.74, 6) is -0.393. The molecule has 30 heavy (non-hydrogen) atoms. The highest BCUT2D eigenvalue weighted by Gasteiger charge is 2.21. The third-order valence-corrected chi connectivity index (χ3v) is 3.71. The topological polar surface area (TPSA) is 150 Å². The maximum Gasteiger partial charge on any atom is 0.318 e. The van der Waals surface area contributed by atoms with Crippen LogP contribution in [0.15, 0.2) is 72.0 Å². The van der Waals surface area contributed by atoms with Gasteiger partial charge in [0.1, 0.15) is 11.4 Å². The van der Waals surface area contributed by atoms with E-state index in [9.17, 15) is 25.0 Å². The molecule has 0 saturated heterocycles. The van der Waals surface area contributed by atoms with E-state index < -0.39 is 27.1 Å². The molecule has 1 amide bonds. The SMILES string of the molecule is O=C(N/N=C\c1cccc(Oc2ccc([N+](=O)[O-])cc2[N+](=O)[O-])c1)c1ccccn1. The maximum absolute atomic E-state index is 11.9. The number of carbonyl (C=O) groups is 1. The Morgan fingerprint density at radius 3 is 2.57 bits per heavy atom. The van der Waals surface area contributed by atoms with Gasteiger partial charge in [-0.15, -0.1) is 0 Å². The van der Waals surface area contributed by atoms with Crippen molar-refractivity contribution in [1.29, 1.82) is 0 Å². The molecule has 11 heteroatoms. The summed E-state index contributed by atoms with van der Waals surface area (Å²) < 4.78 is 5.52. The Labute approximate surface area is 168 Å². The van der Waals surface area contributed by atoms with Gasteiger partial charge in [0.25, 0.3) is 11.6 Å². The minimum atomic E-state index is -0.763. The van der Waals surface area contributed by atoms with Crippen molar-refractivity contribution in [3.8, 4) is 11.5 Å². The lowest BCUT2D eigenvalue weighted by Crippen LogP contribution is -2.18. The molecule has 150 valence electrons. The number of hydrogen-bond acceptors (Lipinski definition) is 8. The number of benzene rings is 2. The van der Waals surface area contributed by atoms with E-state index >= 15 is 0 Å². The standard InChI is InChI=1S/C19H13N5O6/c25-19(16-6-1-2-9-20-16)22-21-12-13-4-3-5-15(10-13)30-18-8-7-14(23(26)27)11-17(18)24(28)29/h1-12H,(H,22,25)/b21-12-. The van der Waals surface area contributed by atoms with Gasteiger partial charge in [-0.25, -0.2) is 5.43 Å². The predicted molar refractivity (Wildman–Crippen MR) is 106 cm³/mol. The largest absolute Gasteiger partial charge is 0.450 e. The molecule has 1 N–H and O–H groups in total. The van der Waals surface area contributed by atoms with Crippen LogP contribution < -0.4 is 10.2 Å². The number of nitrogens with zero attached hydrogens (tertiary/aromatic N) is 4. The van der Waals surface area contributed by atoms with Crippen LogP contribution in [0.1, 0.15) is 16.1 Å². The lowest BCUT2D eigenvalue weighted by atomic mass is 10.2. The van der Waals surface area contributed by atoms with Crippen molar-refractivity contribution in [3.05, 3.63) is 98.3 Å². The molecule has 1 heterocycles. The van der Waals surface area contributed by atoms with Crippen LogP contribution in [0.25, 0.3) is 0 Å². The fraction of sp³-hybridized carbons (Fsp3) is 0. The zero-order valence-electron chi connectivity index (χ0n) is 15.2. The third kappa shape index (κ3) is 4.98. The number of rotatable bonds is 7. The van der Waals surface area contributed by atoms with E-state index in [1.807, 2.05) is 0 Å². The zero-order chi connectivity index (χ0) is 21.5. The van der Waals surface area contributed by atoms with E-state index in [0.29, 0.717) is 5.56 Å². The molecule has 1 aromatic heterocycles. The fourth-order valence-corrected chi connectivity index (χ4v) is 2.35. The summed E-state index contributed by atoms with van der Waals surface area (Å²) in [6.07, 6.45) is 2.84. The van der Waals surface area contributed by atoms with Gasteiger partial charge in [0, 0.05) is 12.3 Å². The van der Waals surface area contributed by atoms with E-state index in [1.54, 1.807) is 30.3 Å². The number of nitrogens with one attached hydrogen (secondary N) is 1. The highest BCUT2D eigenvalue weighted by molar-refractivity contribution is 5.93. The Morgan fingerprint density at radius 2 is 1.87 bits per heavy atom. The number of nitro groups is 2. The molecule has 0 aliphatic rings. The van der Waals surface area contributed by atoms with Gasteiger partial charge in [-0.1, -0.05) is 18.2 Å². The molecule has 0 unspecified atom stereocenters. The molecule has 0 saturated carbocycles. The zero-order valence-corrected chi connectivity index (χ0v) is 15.2. The number of aromatic nitrogens is 1. The highest BCUT2D eigenvalue weighted by Crippen LogP contribution is 2.34. The third-order valence-electron chi connectivity index (χ3n) is 3.71. The van der Waals surface area contributed by atoms with Crippen molar-refractivity contribution in [1.82, 2.24) is 10.4 Å². The van der Waals surface area contributed by atoms with Gasteiger partial charge in [0.2, 0.25) is 5.75 Å². The van der Waals surface area contributed by atoms with Crippen LogP contribution in [-0.4, -0.2) is 27.0 Å². The monoisotopic (exact) mass is 407 g/mol. The van der Waals surface area contributed by atoms with Crippen molar-refractivity contribution >= 4 is 23.5 Å². The normalized spacial score (nSPS) is 10.5. The molecule has 0 spiro atoms. The highest BCUT2D eigenvalue weighted by atomic mass is 16.6. The van der Waals surface area contributed by atoms with Crippen molar-refractivity contribution in [2.24, 2.45) is 5.10 Å². The van der Waals surface area contributed by atoms with Crippen LogP contribution in [0.2, 0.25) is 0 Å².